The number of rotatable bonds is 2. The Morgan fingerprint density at radius 1 is 1.00 bits per heavy atom. The van der Waals surface area contributed by atoms with Crippen LogP contribution < -0.4 is 5.73 Å². The second kappa shape index (κ2) is 3.91. The van der Waals surface area contributed by atoms with E-state index in [4.69, 9.17) is 5.73 Å². The number of fused-ring (bicyclic) bond motifs is 1. The molecule has 1 heteroatoms. The average Bonchev–Trinajstić information content (AvgIpc) is 2.16. The third-order valence-corrected chi connectivity index (χ3v) is 2.72. The first-order valence-corrected chi connectivity index (χ1v) is 5.72. The molecule has 0 fully saturated rings. The van der Waals surface area contributed by atoms with Gasteiger partial charge in [0.25, 0.3) is 0 Å². The van der Waals surface area contributed by atoms with Crippen LogP contribution in [0.15, 0.2) is 36.4 Å². The van der Waals surface area contributed by atoms with Crippen LogP contribution in [0.4, 0.5) is 0 Å². The molecule has 84 valence electrons. The van der Waals surface area contributed by atoms with E-state index in [1.54, 1.807) is 0 Å². The van der Waals surface area contributed by atoms with Gasteiger partial charge < -0.3 is 5.73 Å². The lowest BCUT2D eigenvalue weighted by atomic mass is 9.94. The summed E-state index contributed by atoms with van der Waals surface area (Å²) in [5.41, 5.74) is 8.51. The van der Waals surface area contributed by atoms with Crippen molar-refractivity contribution in [2.24, 2.45) is 5.73 Å². The molecule has 2 N–H and O–H groups in total. The molecule has 0 aromatic heterocycles. The van der Waals surface area contributed by atoms with Gasteiger partial charge in [-0.3, -0.25) is 0 Å². The van der Waals surface area contributed by atoms with E-state index in [0.29, 0.717) is 0 Å². The van der Waals surface area contributed by atoms with Gasteiger partial charge in [0, 0.05) is 5.54 Å². The molecule has 0 heterocycles. The fourth-order valence-corrected chi connectivity index (χ4v) is 2.05. The summed E-state index contributed by atoms with van der Waals surface area (Å²) in [6.07, 6.45) is 0.914. The van der Waals surface area contributed by atoms with Crippen LogP contribution in [-0.2, 0) is 6.42 Å². The van der Waals surface area contributed by atoms with Crippen LogP contribution in [0.5, 0.6) is 0 Å². The summed E-state index contributed by atoms with van der Waals surface area (Å²) in [7, 11) is 0. The van der Waals surface area contributed by atoms with E-state index in [1.165, 1.54) is 21.9 Å². The van der Waals surface area contributed by atoms with Crippen LogP contribution in [0.2, 0.25) is 0 Å². The van der Waals surface area contributed by atoms with Crippen LogP contribution in [0.25, 0.3) is 10.8 Å². The number of aryl methyl sites for hydroxylation is 1. The summed E-state index contributed by atoms with van der Waals surface area (Å²) in [6.45, 7) is 6.25. The predicted octanol–water partition coefficient (Wildman–Crippen LogP) is 3.43. The lowest BCUT2D eigenvalue weighted by Gasteiger charge is -2.18. The van der Waals surface area contributed by atoms with Gasteiger partial charge in [0.2, 0.25) is 0 Å². The van der Waals surface area contributed by atoms with Gasteiger partial charge in [-0.25, -0.2) is 0 Å². The van der Waals surface area contributed by atoms with Gasteiger partial charge in [0.15, 0.2) is 0 Å². The molecule has 0 atom stereocenters. The molecule has 0 radical (unpaired) electrons. The van der Waals surface area contributed by atoms with E-state index < -0.39 is 0 Å². The molecule has 16 heavy (non-hydrogen) atoms. The van der Waals surface area contributed by atoms with Gasteiger partial charge in [0.1, 0.15) is 0 Å². The maximum Gasteiger partial charge on any atom is 0.0138 e. The number of hydrogen-bond donors (Lipinski definition) is 1. The van der Waals surface area contributed by atoms with E-state index in [0.717, 1.165) is 6.42 Å². The minimum Gasteiger partial charge on any atom is -0.325 e. The van der Waals surface area contributed by atoms with Crippen LogP contribution in [0.3, 0.4) is 0 Å². The van der Waals surface area contributed by atoms with Crippen molar-refractivity contribution >= 4 is 10.8 Å². The molecule has 1 nitrogen and oxygen atoms in total. The third kappa shape index (κ3) is 2.61. The summed E-state index contributed by atoms with van der Waals surface area (Å²) in [5, 5.41) is 2.60. The molecule has 0 saturated heterocycles. The number of hydrogen-bond acceptors (Lipinski definition) is 1. The maximum absolute atomic E-state index is 6.04. The normalized spacial score (nSPS) is 12.0. The maximum atomic E-state index is 6.04. The van der Waals surface area contributed by atoms with Crippen LogP contribution in [-0.4, -0.2) is 5.54 Å². The van der Waals surface area contributed by atoms with Crippen molar-refractivity contribution in [1.29, 1.82) is 0 Å². The Hall–Kier alpha value is -1.34. The minimum atomic E-state index is -0.141. The summed E-state index contributed by atoms with van der Waals surface area (Å²) in [6, 6.07) is 13.1. The Morgan fingerprint density at radius 2 is 1.62 bits per heavy atom. The monoisotopic (exact) mass is 213 g/mol. The van der Waals surface area contributed by atoms with Crippen molar-refractivity contribution in [2.75, 3.05) is 0 Å². The first kappa shape index (κ1) is 11.2. The molecule has 0 spiro atoms. The number of nitrogens with two attached hydrogens (primary N) is 1. The van der Waals surface area contributed by atoms with E-state index >= 15 is 0 Å². The van der Waals surface area contributed by atoms with Gasteiger partial charge in [-0.15, -0.1) is 0 Å². The predicted molar refractivity (Wildman–Crippen MR) is 70.7 cm³/mol. The van der Waals surface area contributed by atoms with Crippen molar-refractivity contribution in [3.05, 3.63) is 47.5 Å². The molecule has 2 aromatic carbocycles. The molecule has 0 saturated carbocycles. The Morgan fingerprint density at radius 3 is 2.31 bits per heavy atom. The molecule has 2 rings (SSSR count). The second-order valence-corrected chi connectivity index (χ2v) is 5.35. The summed E-state index contributed by atoms with van der Waals surface area (Å²) >= 11 is 0. The van der Waals surface area contributed by atoms with E-state index in [9.17, 15) is 0 Å². The van der Waals surface area contributed by atoms with Crippen LogP contribution in [0, 0.1) is 6.92 Å². The molecule has 0 aliphatic heterocycles. The molecule has 0 aliphatic carbocycles. The van der Waals surface area contributed by atoms with Crippen molar-refractivity contribution in [3.63, 3.8) is 0 Å². The van der Waals surface area contributed by atoms with Crippen molar-refractivity contribution in [1.82, 2.24) is 0 Å². The van der Waals surface area contributed by atoms with Gasteiger partial charge in [-0.1, -0.05) is 42.0 Å². The summed E-state index contributed by atoms with van der Waals surface area (Å²) in [4.78, 5) is 0. The molecular formula is C15H19N. The topological polar surface area (TPSA) is 26.0 Å². The highest BCUT2D eigenvalue weighted by atomic mass is 14.7. The second-order valence-electron chi connectivity index (χ2n) is 5.35. The molecule has 0 aliphatic rings. The Kier molecular flexibility index (Phi) is 2.73. The van der Waals surface area contributed by atoms with Gasteiger partial charge >= 0.3 is 0 Å². The van der Waals surface area contributed by atoms with Gasteiger partial charge in [-0.2, -0.15) is 0 Å². The number of benzene rings is 2. The first-order valence-electron chi connectivity index (χ1n) is 5.72. The highest BCUT2D eigenvalue weighted by Gasteiger charge is 2.11. The quantitative estimate of drug-likeness (QED) is 0.812. The standard InChI is InChI=1S/C15H19N/c1-11-4-6-14-9-12(10-15(2,3)16)5-7-13(14)8-11/h4-9H,10,16H2,1-3H3. The highest BCUT2D eigenvalue weighted by molar-refractivity contribution is 5.83. The van der Waals surface area contributed by atoms with E-state index in [-0.39, 0.29) is 5.54 Å². The molecule has 0 amide bonds. The van der Waals surface area contributed by atoms with E-state index in [1.807, 2.05) is 0 Å². The molecular weight excluding hydrogens is 194 g/mol. The van der Waals surface area contributed by atoms with Gasteiger partial charge in [-0.05, 0) is 43.5 Å². The zero-order chi connectivity index (χ0) is 11.8. The van der Waals surface area contributed by atoms with Gasteiger partial charge in [0.05, 0.1) is 0 Å². The fraction of sp³-hybridized carbons (Fsp3) is 0.333. The van der Waals surface area contributed by atoms with Crippen molar-refractivity contribution < 1.29 is 0 Å². The van der Waals surface area contributed by atoms with Crippen molar-refractivity contribution in [3.8, 4) is 0 Å². The largest absolute Gasteiger partial charge is 0.325 e. The Balaban J connectivity index is 2.41. The summed E-state index contributed by atoms with van der Waals surface area (Å²) in [5.74, 6) is 0. The first-order chi connectivity index (χ1) is 7.44. The lowest BCUT2D eigenvalue weighted by Crippen LogP contribution is -2.34. The molecule has 0 unspecified atom stereocenters. The SMILES string of the molecule is Cc1ccc2cc(CC(C)(C)N)ccc2c1. The fourth-order valence-electron chi connectivity index (χ4n) is 2.05. The zero-order valence-corrected chi connectivity index (χ0v) is 10.2. The van der Waals surface area contributed by atoms with Crippen LogP contribution >= 0.6 is 0 Å². The van der Waals surface area contributed by atoms with Crippen LogP contribution in [0.1, 0.15) is 25.0 Å². The van der Waals surface area contributed by atoms with E-state index in [2.05, 4.69) is 57.2 Å². The Bertz CT molecular complexity index is 506. The van der Waals surface area contributed by atoms with Crippen molar-refractivity contribution in [2.45, 2.75) is 32.7 Å². The Labute approximate surface area is 97.3 Å². The molecule has 0 bridgehead atoms. The average molecular weight is 213 g/mol. The zero-order valence-electron chi connectivity index (χ0n) is 10.2. The smallest absolute Gasteiger partial charge is 0.0138 e. The lowest BCUT2D eigenvalue weighted by molar-refractivity contribution is 0.517. The summed E-state index contributed by atoms with van der Waals surface area (Å²) < 4.78 is 0. The molecule has 2 aromatic rings. The minimum absolute atomic E-state index is 0.141. The highest BCUT2D eigenvalue weighted by Crippen LogP contribution is 2.19. The third-order valence-electron chi connectivity index (χ3n) is 2.72.